The molecule has 2 aromatic rings. The molecule has 0 radical (unpaired) electrons. The van der Waals surface area contributed by atoms with Crippen LogP contribution in [0.3, 0.4) is 0 Å². The second kappa shape index (κ2) is 4.94. The molecule has 17 heavy (non-hydrogen) atoms. The quantitative estimate of drug-likeness (QED) is 0.851. The van der Waals surface area contributed by atoms with Crippen LogP contribution >= 0.6 is 22.6 Å². The Bertz CT molecular complexity index is 514. The van der Waals surface area contributed by atoms with Gasteiger partial charge in [-0.25, -0.2) is 4.98 Å². The van der Waals surface area contributed by atoms with Gasteiger partial charge in [-0.1, -0.05) is 12.5 Å². The molecule has 2 aromatic heterocycles. The Morgan fingerprint density at radius 3 is 3.12 bits per heavy atom. The molecular formula is C13H16IN3. The summed E-state index contributed by atoms with van der Waals surface area (Å²) < 4.78 is 3.42. The van der Waals surface area contributed by atoms with Gasteiger partial charge in [0.1, 0.15) is 9.35 Å². The summed E-state index contributed by atoms with van der Waals surface area (Å²) in [4.78, 5) is 4.72. The largest absolute Gasteiger partial charge is 0.314 e. The summed E-state index contributed by atoms with van der Waals surface area (Å²) >= 11 is 2.40. The van der Waals surface area contributed by atoms with Gasteiger partial charge in [0.05, 0.1) is 5.69 Å². The van der Waals surface area contributed by atoms with E-state index >= 15 is 0 Å². The molecule has 1 aliphatic heterocycles. The van der Waals surface area contributed by atoms with Gasteiger partial charge in [-0.15, -0.1) is 0 Å². The van der Waals surface area contributed by atoms with Gasteiger partial charge in [-0.2, -0.15) is 0 Å². The molecule has 0 aliphatic carbocycles. The molecule has 1 aliphatic rings. The number of rotatable bonds is 2. The maximum atomic E-state index is 4.72. The van der Waals surface area contributed by atoms with Crippen LogP contribution in [0, 0.1) is 3.70 Å². The van der Waals surface area contributed by atoms with Crippen molar-refractivity contribution in [2.24, 2.45) is 0 Å². The van der Waals surface area contributed by atoms with Gasteiger partial charge in [0.15, 0.2) is 0 Å². The minimum atomic E-state index is 0.613. The van der Waals surface area contributed by atoms with E-state index in [-0.39, 0.29) is 0 Å². The fourth-order valence-electron chi connectivity index (χ4n) is 2.48. The number of aromatic nitrogens is 2. The molecule has 3 heterocycles. The Morgan fingerprint density at radius 1 is 1.41 bits per heavy atom. The predicted molar refractivity (Wildman–Crippen MR) is 77.3 cm³/mol. The molecule has 0 saturated carbocycles. The van der Waals surface area contributed by atoms with Gasteiger partial charge in [-0.05, 0) is 54.1 Å². The van der Waals surface area contributed by atoms with Gasteiger partial charge in [0.2, 0.25) is 0 Å². The van der Waals surface area contributed by atoms with E-state index in [2.05, 4.69) is 50.6 Å². The normalized spacial score (nSPS) is 20.9. The van der Waals surface area contributed by atoms with Crippen LogP contribution in [0.4, 0.5) is 0 Å². The smallest absolute Gasteiger partial charge is 0.137 e. The SMILES string of the molecule is Ic1c(C[C@@H]2CCCCN2)nc2ccccn12. The van der Waals surface area contributed by atoms with Gasteiger partial charge in [-0.3, -0.25) is 4.40 Å². The summed E-state index contributed by atoms with van der Waals surface area (Å²) in [5.74, 6) is 0. The number of halogens is 1. The fraction of sp³-hybridized carbons (Fsp3) is 0.462. The second-order valence-electron chi connectivity index (χ2n) is 4.63. The van der Waals surface area contributed by atoms with Gasteiger partial charge >= 0.3 is 0 Å². The highest BCUT2D eigenvalue weighted by Gasteiger charge is 2.17. The first-order chi connectivity index (χ1) is 8.34. The van der Waals surface area contributed by atoms with E-state index in [4.69, 9.17) is 4.98 Å². The first-order valence-electron chi connectivity index (χ1n) is 6.19. The summed E-state index contributed by atoms with van der Waals surface area (Å²) in [6, 6.07) is 6.78. The van der Waals surface area contributed by atoms with Crippen LogP contribution in [0.2, 0.25) is 0 Å². The van der Waals surface area contributed by atoms with Crippen molar-refractivity contribution in [3.05, 3.63) is 33.8 Å². The number of fused-ring (bicyclic) bond motifs is 1. The zero-order valence-corrected chi connectivity index (χ0v) is 11.9. The van der Waals surface area contributed by atoms with Crippen LogP contribution in [0.25, 0.3) is 5.65 Å². The highest BCUT2D eigenvalue weighted by Crippen LogP contribution is 2.19. The third-order valence-electron chi connectivity index (χ3n) is 3.39. The first-order valence-corrected chi connectivity index (χ1v) is 7.27. The third-order valence-corrected chi connectivity index (χ3v) is 4.53. The molecule has 0 spiro atoms. The zero-order valence-electron chi connectivity index (χ0n) is 9.69. The van der Waals surface area contributed by atoms with E-state index in [1.165, 1.54) is 28.7 Å². The molecule has 1 atom stereocenters. The number of hydrogen-bond acceptors (Lipinski definition) is 2. The van der Waals surface area contributed by atoms with E-state index in [1.54, 1.807) is 0 Å². The number of pyridine rings is 1. The molecule has 0 bridgehead atoms. The Balaban J connectivity index is 1.87. The number of piperidine rings is 1. The molecule has 4 heteroatoms. The summed E-state index contributed by atoms with van der Waals surface area (Å²) in [5, 5.41) is 3.59. The van der Waals surface area contributed by atoms with Crippen LogP contribution in [0.5, 0.6) is 0 Å². The van der Waals surface area contributed by atoms with E-state index in [0.717, 1.165) is 18.6 Å². The van der Waals surface area contributed by atoms with Crippen molar-refractivity contribution < 1.29 is 0 Å². The van der Waals surface area contributed by atoms with Crippen LogP contribution in [-0.2, 0) is 6.42 Å². The van der Waals surface area contributed by atoms with Crippen LogP contribution < -0.4 is 5.32 Å². The van der Waals surface area contributed by atoms with Crippen LogP contribution in [0.15, 0.2) is 24.4 Å². The molecule has 1 saturated heterocycles. The van der Waals surface area contributed by atoms with Crippen molar-refractivity contribution in [3.63, 3.8) is 0 Å². The molecule has 3 nitrogen and oxygen atoms in total. The molecule has 90 valence electrons. The standard InChI is InChI=1S/C13H16IN3/c14-13-11(9-10-5-1-3-7-15-10)16-12-6-2-4-8-17(12)13/h2,4,6,8,10,15H,1,3,5,7,9H2/t10-/m0/s1. The molecule has 0 aromatic carbocycles. The first kappa shape index (κ1) is 11.5. The Kier molecular flexibility index (Phi) is 3.33. The van der Waals surface area contributed by atoms with Crippen molar-refractivity contribution in [2.75, 3.05) is 6.54 Å². The van der Waals surface area contributed by atoms with Crippen molar-refractivity contribution in [1.82, 2.24) is 14.7 Å². The maximum Gasteiger partial charge on any atom is 0.137 e. The molecule has 0 unspecified atom stereocenters. The average molecular weight is 341 g/mol. The highest BCUT2D eigenvalue weighted by atomic mass is 127. The lowest BCUT2D eigenvalue weighted by Crippen LogP contribution is -2.35. The Hall–Kier alpha value is -0.620. The topological polar surface area (TPSA) is 29.3 Å². The summed E-state index contributed by atoms with van der Waals surface area (Å²) in [6.45, 7) is 1.16. The molecule has 1 N–H and O–H groups in total. The van der Waals surface area contributed by atoms with Crippen molar-refractivity contribution in [3.8, 4) is 0 Å². The third kappa shape index (κ3) is 2.33. The van der Waals surface area contributed by atoms with E-state index in [0.29, 0.717) is 6.04 Å². The maximum absolute atomic E-state index is 4.72. The van der Waals surface area contributed by atoms with Crippen molar-refractivity contribution in [1.29, 1.82) is 0 Å². The number of nitrogens with one attached hydrogen (secondary N) is 1. The second-order valence-corrected chi connectivity index (χ2v) is 5.65. The van der Waals surface area contributed by atoms with E-state index in [9.17, 15) is 0 Å². The predicted octanol–water partition coefficient (Wildman–Crippen LogP) is 2.62. The zero-order chi connectivity index (χ0) is 11.7. The monoisotopic (exact) mass is 341 g/mol. The summed E-state index contributed by atoms with van der Waals surface area (Å²) in [7, 11) is 0. The molecule has 3 rings (SSSR count). The summed E-state index contributed by atoms with van der Waals surface area (Å²) in [5.41, 5.74) is 2.29. The molecule has 1 fully saturated rings. The fourth-order valence-corrected chi connectivity index (χ4v) is 3.22. The lowest BCUT2D eigenvalue weighted by Gasteiger charge is -2.22. The minimum Gasteiger partial charge on any atom is -0.314 e. The lowest BCUT2D eigenvalue weighted by molar-refractivity contribution is 0.397. The van der Waals surface area contributed by atoms with Crippen molar-refractivity contribution in [2.45, 2.75) is 31.7 Å². The van der Waals surface area contributed by atoms with E-state index in [1.807, 2.05) is 6.07 Å². The lowest BCUT2D eigenvalue weighted by atomic mass is 10.0. The molecular weight excluding hydrogens is 325 g/mol. The Morgan fingerprint density at radius 2 is 2.35 bits per heavy atom. The van der Waals surface area contributed by atoms with E-state index < -0.39 is 0 Å². The summed E-state index contributed by atoms with van der Waals surface area (Å²) in [6.07, 6.45) is 7.09. The highest BCUT2D eigenvalue weighted by molar-refractivity contribution is 14.1. The molecule has 0 amide bonds. The number of nitrogens with zero attached hydrogens (tertiary/aromatic N) is 2. The van der Waals surface area contributed by atoms with Gasteiger partial charge in [0, 0.05) is 18.7 Å². The average Bonchev–Trinajstić information content (AvgIpc) is 2.68. The number of imidazole rings is 1. The van der Waals surface area contributed by atoms with Gasteiger partial charge < -0.3 is 5.32 Å². The van der Waals surface area contributed by atoms with Gasteiger partial charge in [0.25, 0.3) is 0 Å². The number of hydrogen-bond donors (Lipinski definition) is 1. The minimum absolute atomic E-state index is 0.613. The van der Waals surface area contributed by atoms with Crippen LogP contribution in [-0.4, -0.2) is 22.0 Å². The van der Waals surface area contributed by atoms with Crippen molar-refractivity contribution >= 4 is 28.2 Å². The van der Waals surface area contributed by atoms with Crippen LogP contribution in [0.1, 0.15) is 25.0 Å². The Labute approximate surface area is 115 Å².